The minimum absolute atomic E-state index is 0.0611. The maximum atomic E-state index is 6.74. The van der Waals surface area contributed by atoms with Crippen molar-refractivity contribution in [2.45, 2.75) is 36.5 Å². The summed E-state index contributed by atoms with van der Waals surface area (Å²) in [4.78, 5) is 2.52. The number of likely N-dealkylation sites (N-methyl/N-ethyl adjacent to an activating group) is 1. The van der Waals surface area contributed by atoms with E-state index in [0.29, 0.717) is 118 Å². The molecule has 2 bridgehead atoms. The Morgan fingerprint density at radius 2 is 1.23 bits per heavy atom. The lowest BCUT2D eigenvalue weighted by Crippen LogP contribution is -2.65. The predicted octanol–water partition coefficient (Wildman–Crippen LogP) is 2.29. The zero-order valence-corrected chi connectivity index (χ0v) is 28.5. The van der Waals surface area contributed by atoms with Crippen molar-refractivity contribution < 1.29 is 52.1 Å². The Labute approximate surface area is 279 Å². The molecule has 0 radical (unpaired) electrons. The van der Waals surface area contributed by atoms with Gasteiger partial charge in [-0.15, -0.1) is 0 Å². The third-order valence-corrected chi connectivity index (χ3v) is 9.54. The monoisotopic (exact) mass is 665 g/mol. The maximum Gasteiger partial charge on any atom is 0.165 e. The van der Waals surface area contributed by atoms with E-state index >= 15 is 0 Å². The molecule has 5 atom stereocenters. The Balaban J connectivity index is 0.856. The third-order valence-electron chi connectivity index (χ3n) is 9.54. The zero-order valence-electron chi connectivity index (χ0n) is 28.5. The van der Waals surface area contributed by atoms with Crippen molar-refractivity contribution in [1.82, 2.24) is 4.90 Å². The number of rotatable bonds is 26. The first-order chi connectivity index (χ1) is 23.2. The number of hydrogen-bond acceptors (Lipinski definition) is 12. The van der Waals surface area contributed by atoms with E-state index in [0.717, 1.165) is 30.9 Å². The van der Waals surface area contributed by atoms with Crippen LogP contribution in [0.2, 0.25) is 0 Å². The lowest BCUT2D eigenvalue weighted by Gasteiger charge is -2.56. The quantitative estimate of drug-likeness (QED) is 0.107. The average Bonchev–Trinajstić information content (AvgIpc) is 3.44. The number of ether oxygens (including phenoxy) is 11. The van der Waals surface area contributed by atoms with Crippen molar-refractivity contribution in [3.63, 3.8) is 0 Å². The van der Waals surface area contributed by atoms with Gasteiger partial charge in [0, 0.05) is 30.0 Å². The van der Waals surface area contributed by atoms with Crippen LogP contribution in [0.15, 0.2) is 24.3 Å². The number of piperidine rings is 1. The van der Waals surface area contributed by atoms with Crippen LogP contribution in [0.4, 0.5) is 0 Å². The minimum Gasteiger partial charge on any atom is -0.493 e. The Morgan fingerprint density at radius 3 is 1.77 bits per heavy atom. The predicted molar refractivity (Wildman–Crippen MR) is 174 cm³/mol. The molecule has 4 aliphatic rings. The second kappa shape index (κ2) is 19.4. The first kappa shape index (κ1) is 36.4. The van der Waals surface area contributed by atoms with Crippen LogP contribution in [0.5, 0.6) is 11.5 Å². The standard InChI is InChI=1S/C35H55NO11/c1-36-9-8-35-28-5-7-31(34(35)47-33-30(38-3)6-4-27(32(33)35)26-29(28)36)46-25-24-45-23-22-44-21-20-43-19-18-42-17-16-41-15-14-40-13-12-39-11-10-37-2/h4-7,28-29,31,34H,8-26H2,1-3H3/t28?,29?,31-,34-,35-/m0/s1. The molecule has 0 saturated carbocycles. The Morgan fingerprint density at radius 1 is 0.702 bits per heavy atom. The van der Waals surface area contributed by atoms with Crippen LogP contribution in [0.3, 0.4) is 0 Å². The van der Waals surface area contributed by atoms with Crippen molar-refractivity contribution in [1.29, 1.82) is 0 Å². The SMILES string of the molecule is COCCOCCOCCOCCOCCOCCOCCOCCO[C@H]1C=CC2C3Cc4ccc(OC)c5c4[C@@]2(CCN3C)[C@H]1O5. The van der Waals surface area contributed by atoms with Crippen molar-refractivity contribution >= 4 is 0 Å². The van der Waals surface area contributed by atoms with Gasteiger partial charge in [-0.25, -0.2) is 0 Å². The van der Waals surface area contributed by atoms with Gasteiger partial charge in [-0.05, 0) is 38.1 Å². The molecule has 2 aliphatic carbocycles. The van der Waals surface area contributed by atoms with Gasteiger partial charge in [0.25, 0.3) is 0 Å². The first-order valence-electron chi connectivity index (χ1n) is 17.1. The summed E-state index contributed by atoms with van der Waals surface area (Å²) in [5.41, 5.74) is 2.68. The number of hydrogen-bond donors (Lipinski definition) is 0. The molecule has 12 heteroatoms. The van der Waals surface area contributed by atoms with Crippen LogP contribution in [-0.2, 0) is 54.5 Å². The third kappa shape index (κ3) is 9.24. The van der Waals surface area contributed by atoms with Gasteiger partial charge < -0.3 is 57.0 Å². The highest BCUT2D eigenvalue weighted by Gasteiger charge is 2.64. The number of likely N-dealkylation sites (tertiary alicyclic amines) is 1. The van der Waals surface area contributed by atoms with Gasteiger partial charge in [-0.3, -0.25) is 0 Å². The Kier molecular flexibility index (Phi) is 15.0. The normalized spacial score (nSPS) is 25.6. The van der Waals surface area contributed by atoms with Gasteiger partial charge >= 0.3 is 0 Å². The minimum atomic E-state index is -0.131. The van der Waals surface area contributed by atoms with Gasteiger partial charge in [0.2, 0.25) is 0 Å². The summed E-state index contributed by atoms with van der Waals surface area (Å²) in [6.45, 7) is 9.53. The summed E-state index contributed by atoms with van der Waals surface area (Å²) in [7, 11) is 5.62. The summed E-state index contributed by atoms with van der Waals surface area (Å²) >= 11 is 0. The molecule has 0 aromatic heterocycles. The molecule has 1 aromatic carbocycles. The van der Waals surface area contributed by atoms with Crippen LogP contribution in [0.25, 0.3) is 0 Å². The molecule has 266 valence electrons. The van der Waals surface area contributed by atoms with Crippen molar-refractivity contribution in [2.75, 3.05) is 134 Å². The van der Waals surface area contributed by atoms with Crippen LogP contribution < -0.4 is 9.47 Å². The highest BCUT2D eigenvalue weighted by Crippen LogP contribution is 2.62. The van der Waals surface area contributed by atoms with Gasteiger partial charge in [0.1, 0.15) is 12.2 Å². The van der Waals surface area contributed by atoms with Gasteiger partial charge in [0.05, 0.1) is 113 Å². The maximum absolute atomic E-state index is 6.74. The van der Waals surface area contributed by atoms with Gasteiger partial charge in [-0.2, -0.15) is 0 Å². The second-order valence-electron chi connectivity index (χ2n) is 12.2. The van der Waals surface area contributed by atoms with Crippen LogP contribution in [-0.4, -0.2) is 157 Å². The highest BCUT2D eigenvalue weighted by molar-refractivity contribution is 5.62. The van der Waals surface area contributed by atoms with Gasteiger partial charge in [-0.1, -0.05) is 18.2 Å². The summed E-state index contributed by atoms with van der Waals surface area (Å²) in [5, 5.41) is 0. The molecular formula is C35H55NO11. The second-order valence-corrected chi connectivity index (χ2v) is 12.2. The molecule has 0 amide bonds. The molecule has 1 aromatic rings. The molecule has 0 N–H and O–H groups in total. The Bertz CT molecular complexity index is 1090. The fraction of sp³-hybridized carbons (Fsp3) is 0.771. The largest absolute Gasteiger partial charge is 0.493 e. The topological polar surface area (TPSA) is 105 Å². The molecule has 2 unspecified atom stereocenters. The van der Waals surface area contributed by atoms with Crippen LogP contribution in [0.1, 0.15) is 17.5 Å². The van der Waals surface area contributed by atoms with E-state index in [-0.39, 0.29) is 17.6 Å². The molecule has 2 aliphatic heterocycles. The lowest BCUT2D eigenvalue weighted by molar-refractivity contribution is -0.0818. The van der Waals surface area contributed by atoms with Crippen molar-refractivity contribution in [3.05, 3.63) is 35.4 Å². The van der Waals surface area contributed by atoms with E-state index in [1.54, 1.807) is 14.2 Å². The van der Waals surface area contributed by atoms with E-state index in [2.05, 4.69) is 36.2 Å². The molecule has 5 rings (SSSR count). The van der Waals surface area contributed by atoms with E-state index in [9.17, 15) is 0 Å². The van der Waals surface area contributed by atoms with Gasteiger partial charge in [0.15, 0.2) is 11.5 Å². The van der Waals surface area contributed by atoms with E-state index in [4.69, 9.17) is 52.1 Å². The highest BCUT2D eigenvalue weighted by atomic mass is 16.6. The van der Waals surface area contributed by atoms with Crippen molar-refractivity contribution in [3.8, 4) is 11.5 Å². The van der Waals surface area contributed by atoms with E-state index in [1.807, 2.05) is 0 Å². The summed E-state index contributed by atoms with van der Waals surface area (Å²) in [6.07, 6.45) is 6.51. The lowest BCUT2D eigenvalue weighted by atomic mass is 9.53. The summed E-state index contributed by atoms with van der Waals surface area (Å²) in [5.74, 6) is 2.15. The number of methoxy groups -OCH3 is 2. The molecular weight excluding hydrogens is 610 g/mol. The van der Waals surface area contributed by atoms with Crippen LogP contribution in [0, 0.1) is 5.92 Å². The smallest absolute Gasteiger partial charge is 0.165 e. The fourth-order valence-corrected chi connectivity index (χ4v) is 7.32. The molecule has 1 spiro atoms. The van der Waals surface area contributed by atoms with E-state index < -0.39 is 0 Å². The molecule has 1 fully saturated rings. The Hall–Kier alpha value is -1.84. The molecule has 12 nitrogen and oxygen atoms in total. The number of nitrogens with zero attached hydrogens (tertiary/aromatic N) is 1. The molecule has 2 heterocycles. The summed E-state index contributed by atoms with van der Waals surface area (Å²) < 4.78 is 62.5. The molecule has 47 heavy (non-hydrogen) atoms. The summed E-state index contributed by atoms with van der Waals surface area (Å²) in [6, 6.07) is 4.77. The fourth-order valence-electron chi connectivity index (χ4n) is 7.32. The average molecular weight is 666 g/mol. The number of benzene rings is 1. The van der Waals surface area contributed by atoms with E-state index in [1.165, 1.54) is 11.1 Å². The van der Waals surface area contributed by atoms with Crippen LogP contribution >= 0.6 is 0 Å². The zero-order chi connectivity index (χ0) is 32.7. The first-order valence-corrected chi connectivity index (χ1v) is 17.1. The molecule has 1 saturated heterocycles. The van der Waals surface area contributed by atoms with Crippen molar-refractivity contribution in [2.24, 2.45) is 5.92 Å².